The number of esters is 1. The highest BCUT2D eigenvalue weighted by atomic mass is 35.5. The first-order valence-electron chi connectivity index (χ1n) is 5.08. The Bertz CT molecular complexity index is 586. The van der Waals surface area contributed by atoms with Gasteiger partial charge >= 0.3 is 5.97 Å². The van der Waals surface area contributed by atoms with Crippen LogP contribution < -0.4 is 0 Å². The predicted octanol–water partition coefficient (Wildman–Crippen LogP) is 3.69. The van der Waals surface area contributed by atoms with Crippen LogP contribution in [0.15, 0.2) is 18.2 Å². The smallest absolute Gasteiger partial charge is 0.369 e. The number of hydrogen-bond acceptors (Lipinski definition) is 5. The van der Waals surface area contributed by atoms with Crippen molar-refractivity contribution in [1.29, 1.82) is 0 Å². The zero-order chi connectivity index (χ0) is 13.1. The number of carbonyl (C=O) groups excluding carboxylic acids is 1. The van der Waals surface area contributed by atoms with Gasteiger partial charge in [0.25, 0.3) is 0 Å². The van der Waals surface area contributed by atoms with E-state index >= 15 is 0 Å². The molecule has 0 aliphatic rings. The van der Waals surface area contributed by atoms with Crippen LogP contribution in [0.4, 0.5) is 0 Å². The Balaban J connectivity index is 2.29. The molecular weight excluding hydrogens is 295 g/mol. The van der Waals surface area contributed by atoms with Gasteiger partial charge in [-0.1, -0.05) is 23.2 Å². The molecule has 0 fully saturated rings. The Morgan fingerprint density at radius 2 is 2.17 bits per heavy atom. The summed E-state index contributed by atoms with van der Waals surface area (Å²) >= 11 is 12.7. The monoisotopic (exact) mass is 302 g/mol. The Labute approximate surface area is 118 Å². The van der Waals surface area contributed by atoms with Gasteiger partial charge in [0, 0.05) is 5.56 Å². The molecule has 7 heteroatoms. The summed E-state index contributed by atoms with van der Waals surface area (Å²) in [6, 6.07) is 5.05. The lowest BCUT2D eigenvalue weighted by molar-refractivity contribution is 0.0526. The molecule has 0 bridgehead atoms. The molecule has 0 aliphatic carbocycles. The van der Waals surface area contributed by atoms with Crippen molar-refractivity contribution in [2.24, 2.45) is 0 Å². The van der Waals surface area contributed by atoms with Crippen molar-refractivity contribution in [1.82, 2.24) is 9.36 Å². The summed E-state index contributed by atoms with van der Waals surface area (Å²) in [5.74, 6) is -0.0390. The van der Waals surface area contributed by atoms with Crippen LogP contribution in [0.3, 0.4) is 0 Å². The van der Waals surface area contributed by atoms with E-state index in [4.69, 9.17) is 27.9 Å². The van der Waals surface area contributed by atoms with Gasteiger partial charge in [0.1, 0.15) is 0 Å². The third-order valence-corrected chi connectivity index (χ3v) is 3.49. The number of aromatic nitrogens is 2. The number of hydrogen-bond donors (Lipinski definition) is 0. The molecule has 0 spiro atoms. The van der Waals surface area contributed by atoms with Gasteiger partial charge in [0.2, 0.25) is 5.01 Å². The lowest BCUT2D eigenvalue weighted by Crippen LogP contribution is -2.03. The van der Waals surface area contributed by atoms with E-state index in [-0.39, 0.29) is 5.01 Å². The Morgan fingerprint density at radius 1 is 1.39 bits per heavy atom. The van der Waals surface area contributed by atoms with E-state index in [1.807, 2.05) is 0 Å². The van der Waals surface area contributed by atoms with E-state index in [9.17, 15) is 4.79 Å². The molecule has 1 aromatic heterocycles. The Hall–Kier alpha value is -1.17. The molecule has 0 saturated carbocycles. The van der Waals surface area contributed by atoms with Crippen molar-refractivity contribution in [3.8, 4) is 11.4 Å². The van der Waals surface area contributed by atoms with E-state index < -0.39 is 5.97 Å². The zero-order valence-electron chi connectivity index (χ0n) is 9.31. The molecule has 0 saturated heterocycles. The third-order valence-electron chi connectivity index (χ3n) is 2.05. The molecule has 2 rings (SSSR count). The van der Waals surface area contributed by atoms with E-state index in [0.717, 1.165) is 11.5 Å². The zero-order valence-corrected chi connectivity index (χ0v) is 11.6. The second-order valence-corrected chi connectivity index (χ2v) is 4.84. The minimum atomic E-state index is -0.471. The lowest BCUT2D eigenvalue weighted by atomic mass is 10.2. The van der Waals surface area contributed by atoms with Crippen LogP contribution in [0, 0.1) is 0 Å². The average Bonchev–Trinajstić information content (AvgIpc) is 2.82. The minimum absolute atomic E-state index is 0.220. The molecule has 4 nitrogen and oxygen atoms in total. The summed E-state index contributed by atoms with van der Waals surface area (Å²) in [7, 11) is 0. The Morgan fingerprint density at radius 3 is 2.83 bits per heavy atom. The topological polar surface area (TPSA) is 52.1 Å². The van der Waals surface area contributed by atoms with E-state index in [1.54, 1.807) is 25.1 Å². The van der Waals surface area contributed by atoms with Gasteiger partial charge in [-0.2, -0.15) is 4.37 Å². The van der Waals surface area contributed by atoms with E-state index in [0.29, 0.717) is 28.0 Å². The summed E-state index contributed by atoms with van der Waals surface area (Å²) in [6.45, 7) is 2.04. The summed E-state index contributed by atoms with van der Waals surface area (Å²) < 4.78 is 8.93. The number of ether oxygens (including phenoxy) is 1. The molecule has 0 aliphatic heterocycles. The summed E-state index contributed by atoms with van der Waals surface area (Å²) in [6.07, 6.45) is 0. The van der Waals surface area contributed by atoms with Crippen LogP contribution in [-0.4, -0.2) is 21.9 Å². The highest BCUT2D eigenvalue weighted by Crippen LogP contribution is 2.27. The number of benzene rings is 1. The summed E-state index contributed by atoms with van der Waals surface area (Å²) in [5, 5.41) is 1.10. The van der Waals surface area contributed by atoms with Gasteiger partial charge < -0.3 is 4.74 Å². The average molecular weight is 303 g/mol. The number of nitrogens with zero attached hydrogens (tertiary/aromatic N) is 2. The van der Waals surface area contributed by atoms with Crippen molar-refractivity contribution in [2.75, 3.05) is 6.61 Å². The molecule has 0 amide bonds. The molecule has 1 aromatic carbocycles. The molecule has 2 aromatic rings. The van der Waals surface area contributed by atoms with Crippen molar-refractivity contribution < 1.29 is 9.53 Å². The molecule has 1 heterocycles. The normalized spacial score (nSPS) is 10.4. The van der Waals surface area contributed by atoms with Crippen LogP contribution in [0.2, 0.25) is 10.0 Å². The van der Waals surface area contributed by atoms with Crippen LogP contribution in [0.5, 0.6) is 0 Å². The summed E-state index contributed by atoms with van der Waals surface area (Å²) in [5.41, 5.74) is 0.705. The van der Waals surface area contributed by atoms with Crippen molar-refractivity contribution >= 4 is 40.7 Å². The summed E-state index contributed by atoms with van der Waals surface area (Å²) in [4.78, 5) is 15.5. The van der Waals surface area contributed by atoms with Crippen LogP contribution >= 0.6 is 34.7 Å². The number of halogens is 2. The van der Waals surface area contributed by atoms with E-state index in [2.05, 4.69) is 9.36 Å². The van der Waals surface area contributed by atoms with Crippen LogP contribution in [0.25, 0.3) is 11.4 Å². The van der Waals surface area contributed by atoms with Crippen LogP contribution in [-0.2, 0) is 4.74 Å². The molecule has 18 heavy (non-hydrogen) atoms. The second-order valence-electron chi connectivity index (χ2n) is 3.27. The molecule has 0 N–H and O–H groups in total. The first-order chi connectivity index (χ1) is 8.61. The lowest BCUT2D eigenvalue weighted by Gasteiger charge is -1.98. The maximum atomic E-state index is 11.4. The number of rotatable bonds is 3. The fraction of sp³-hybridized carbons (Fsp3) is 0.182. The molecule has 94 valence electrons. The van der Waals surface area contributed by atoms with Gasteiger partial charge in [0.05, 0.1) is 16.7 Å². The van der Waals surface area contributed by atoms with Crippen LogP contribution in [0.1, 0.15) is 16.7 Å². The standard InChI is InChI=1S/C11H8Cl2N2O2S/c1-2-17-11(16)10-14-9(15-18-10)6-3-4-7(12)8(13)5-6/h3-5H,2H2,1H3. The van der Waals surface area contributed by atoms with Gasteiger partial charge in [0.15, 0.2) is 5.82 Å². The number of carbonyl (C=O) groups is 1. The van der Waals surface area contributed by atoms with Crippen molar-refractivity contribution in [3.63, 3.8) is 0 Å². The predicted molar refractivity (Wildman–Crippen MR) is 71.3 cm³/mol. The maximum absolute atomic E-state index is 11.4. The minimum Gasteiger partial charge on any atom is -0.461 e. The van der Waals surface area contributed by atoms with Gasteiger partial charge in [-0.3, -0.25) is 0 Å². The highest BCUT2D eigenvalue weighted by molar-refractivity contribution is 7.07. The van der Waals surface area contributed by atoms with Gasteiger partial charge in [-0.15, -0.1) is 0 Å². The van der Waals surface area contributed by atoms with Gasteiger partial charge in [-0.05, 0) is 36.7 Å². The first-order valence-corrected chi connectivity index (χ1v) is 6.61. The SMILES string of the molecule is CCOC(=O)c1nc(-c2ccc(Cl)c(Cl)c2)ns1. The largest absolute Gasteiger partial charge is 0.461 e. The Kier molecular flexibility index (Phi) is 4.16. The first kappa shape index (κ1) is 13.3. The third kappa shape index (κ3) is 2.80. The quantitative estimate of drug-likeness (QED) is 0.811. The second kappa shape index (κ2) is 5.65. The molecular formula is C11H8Cl2N2O2S. The fourth-order valence-corrected chi connectivity index (χ4v) is 2.13. The molecule has 0 atom stereocenters. The van der Waals surface area contributed by atoms with Crippen molar-refractivity contribution in [3.05, 3.63) is 33.3 Å². The van der Waals surface area contributed by atoms with Gasteiger partial charge in [-0.25, -0.2) is 9.78 Å². The molecule has 0 unspecified atom stereocenters. The van der Waals surface area contributed by atoms with Crippen molar-refractivity contribution in [2.45, 2.75) is 6.92 Å². The molecule has 0 radical (unpaired) electrons. The van der Waals surface area contributed by atoms with E-state index in [1.165, 1.54) is 0 Å². The highest BCUT2D eigenvalue weighted by Gasteiger charge is 2.15. The fourth-order valence-electron chi connectivity index (χ4n) is 1.25. The maximum Gasteiger partial charge on any atom is 0.369 e.